The Morgan fingerprint density at radius 3 is 2.94 bits per heavy atom. The molecule has 1 aliphatic rings. The van der Waals surface area contributed by atoms with Gasteiger partial charge in [0, 0.05) is 29.9 Å². The molecule has 0 radical (unpaired) electrons. The summed E-state index contributed by atoms with van der Waals surface area (Å²) in [5.41, 5.74) is 1.61. The van der Waals surface area contributed by atoms with E-state index >= 15 is 0 Å². The number of hydrogen-bond acceptors (Lipinski definition) is 8. The summed E-state index contributed by atoms with van der Waals surface area (Å²) in [5.74, 6) is 0.231. The number of ether oxygens (including phenoxy) is 2. The normalized spacial score (nSPS) is 17.8. The van der Waals surface area contributed by atoms with Crippen LogP contribution < -0.4 is 10.1 Å². The number of carbonyl (C=O) groups excluding carboxylic acids is 1. The molecule has 1 aromatic carbocycles. The third kappa shape index (κ3) is 5.21. The number of hydrogen-bond donors (Lipinski definition) is 2. The number of pyridine rings is 1. The molecule has 2 aromatic heterocycles. The van der Waals surface area contributed by atoms with Gasteiger partial charge in [0.2, 0.25) is 0 Å². The fraction of sp³-hybridized carbons (Fsp3) is 0.435. The lowest BCUT2D eigenvalue weighted by molar-refractivity contribution is -0.105. The summed E-state index contributed by atoms with van der Waals surface area (Å²) in [4.78, 5) is 23.9. The Kier molecular flexibility index (Phi) is 6.73. The zero-order chi connectivity index (χ0) is 23.6. The van der Waals surface area contributed by atoms with Crippen LogP contribution in [0, 0.1) is 0 Å². The van der Waals surface area contributed by atoms with Gasteiger partial charge in [-0.25, -0.2) is 0 Å². The van der Waals surface area contributed by atoms with Crippen molar-refractivity contribution in [2.45, 2.75) is 38.5 Å². The first kappa shape index (κ1) is 23.3. The van der Waals surface area contributed by atoms with Gasteiger partial charge in [-0.2, -0.15) is 4.98 Å². The number of halogens is 1. The Labute approximate surface area is 196 Å². The average Bonchev–Trinajstić information content (AvgIpc) is 3.21. The van der Waals surface area contributed by atoms with Crippen LogP contribution in [0.15, 0.2) is 34.9 Å². The van der Waals surface area contributed by atoms with Gasteiger partial charge in [-0.15, -0.1) is 0 Å². The summed E-state index contributed by atoms with van der Waals surface area (Å²) in [7, 11) is 1.51. The number of anilines is 1. The van der Waals surface area contributed by atoms with E-state index in [2.05, 4.69) is 15.3 Å². The maximum atomic E-state index is 13.5. The van der Waals surface area contributed by atoms with Crippen LogP contribution in [0.2, 0.25) is 5.02 Å². The molecule has 0 aliphatic carbocycles. The molecule has 0 saturated carbocycles. The minimum absolute atomic E-state index is 0.0274. The maximum Gasteiger partial charge on any atom is 0.296 e. The molecule has 0 bridgehead atoms. The summed E-state index contributed by atoms with van der Waals surface area (Å²) in [6, 6.07) is 6.86. The van der Waals surface area contributed by atoms with E-state index < -0.39 is 5.60 Å². The largest absolute Gasteiger partial charge is 0.493 e. The second kappa shape index (κ2) is 9.54. The third-order valence-electron chi connectivity index (χ3n) is 5.50. The van der Waals surface area contributed by atoms with Gasteiger partial charge in [0.1, 0.15) is 5.52 Å². The van der Waals surface area contributed by atoms with E-state index in [0.717, 1.165) is 5.69 Å². The molecule has 1 fully saturated rings. The number of rotatable bonds is 7. The number of nitrogens with zero attached hydrogens (tertiary/aromatic N) is 3. The highest BCUT2D eigenvalue weighted by Gasteiger charge is 2.37. The van der Waals surface area contributed by atoms with Crippen molar-refractivity contribution >= 4 is 34.6 Å². The number of aliphatic hydroxyl groups excluding tert-OH is 1. The van der Waals surface area contributed by atoms with E-state index in [9.17, 15) is 9.90 Å². The number of fused-ring (bicyclic) bond motifs is 1. The molecule has 1 saturated heterocycles. The minimum atomic E-state index is -0.477. The summed E-state index contributed by atoms with van der Waals surface area (Å²) in [5, 5.41) is 13.1. The molecule has 33 heavy (non-hydrogen) atoms. The molecule has 1 amide bonds. The zero-order valence-corrected chi connectivity index (χ0v) is 19.6. The molecule has 2 N–H and O–H groups in total. The average molecular weight is 475 g/mol. The van der Waals surface area contributed by atoms with Gasteiger partial charge in [-0.1, -0.05) is 11.6 Å². The molecule has 0 spiro atoms. The number of oxazole rings is 1. The predicted octanol–water partition coefficient (Wildman–Crippen LogP) is 3.50. The van der Waals surface area contributed by atoms with Crippen molar-refractivity contribution in [1.29, 1.82) is 0 Å². The van der Waals surface area contributed by atoms with Crippen molar-refractivity contribution in [2.75, 3.05) is 32.2 Å². The van der Waals surface area contributed by atoms with Crippen molar-refractivity contribution in [3.05, 3.63) is 46.7 Å². The van der Waals surface area contributed by atoms with Gasteiger partial charge in [0.25, 0.3) is 11.9 Å². The molecule has 3 heterocycles. The summed E-state index contributed by atoms with van der Waals surface area (Å²) in [6.45, 7) is 5.00. The number of aliphatic hydroxyl groups is 1. The monoisotopic (exact) mass is 474 g/mol. The highest BCUT2D eigenvalue weighted by molar-refractivity contribution is 6.30. The van der Waals surface area contributed by atoms with Crippen molar-refractivity contribution in [3.8, 4) is 5.75 Å². The number of amides is 1. The van der Waals surface area contributed by atoms with Crippen molar-refractivity contribution in [1.82, 2.24) is 14.9 Å². The molecular weight excluding hydrogens is 448 g/mol. The Bertz CT molecular complexity index is 1150. The highest BCUT2D eigenvalue weighted by atomic mass is 35.5. The first-order chi connectivity index (χ1) is 15.8. The molecule has 1 unspecified atom stereocenters. The molecule has 1 aliphatic heterocycles. The molecule has 1 atom stereocenters. The van der Waals surface area contributed by atoms with Crippen LogP contribution in [0.25, 0.3) is 11.1 Å². The van der Waals surface area contributed by atoms with Crippen LogP contribution in [0.5, 0.6) is 5.75 Å². The molecule has 176 valence electrons. The van der Waals surface area contributed by atoms with Gasteiger partial charge >= 0.3 is 0 Å². The summed E-state index contributed by atoms with van der Waals surface area (Å²) < 4.78 is 17.2. The van der Waals surface area contributed by atoms with Gasteiger partial charge in [-0.05, 0) is 44.5 Å². The van der Waals surface area contributed by atoms with Crippen LogP contribution in [-0.4, -0.2) is 64.4 Å². The first-order valence-corrected chi connectivity index (χ1v) is 11.1. The third-order valence-corrected chi connectivity index (χ3v) is 5.74. The molecule has 4 rings (SSSR count). The van der Waals surface area contributed by atoms with E-state index in [1.165, 1.54) is 7.11 Å². The fourth-order valence-electron chi connectivity index (χ4n) is 3.85. The van der Waals surface area contributed by atoms with E-state index in [4.69, 9.17) is 25.5 Å². The van der Waals surface area contributed by atoms with Crippen LogP contribution in [-0.2, 0) is 11.3 Å². The first-order valence-electron chi connectivity index (χ1n) is 10.7. The lowest BCUT2D eigenvalue weighted by Gasteiger charge is -2.43. The number of aromatic nitrogens is 2. The number of methoxy groups -OCH3 is 1. The van der Waals surface area contributed by atoms with Crippen LogP contribution >= 0.6 is 11.6 Å². The smallest absolute Gasteiger partial charge is 0.296 e. The fourth-order valence-corrected chi connectivity index (χ4v) is 4.04. The Balaban J connectivity index is 1.60. The Morgan fingerprint density at radius 2 is 2.21 bits per heavy atom. The van der Waals surface area contributed by atoms with E-state index in [1.54, 1.807) is 35.4 Å². The van der Waals surface area contributed by atoms with Crippen molar-refractivity contribution in [2.24, 2.45) is 0 Å². The second-order valence-electron chi connectivity index (χ2n) is 8.53. The lowest BCUT2D eigenvalue weighted by atomic mass is 10.0. The minimum Gasteiger partial charge on any atom is -0.493 e. The number of benzene rings is 1. The van der Waals surface area contributed by atoms with E-state index in [0.29, 0.717) is 53.6 Å². The number of nitrogens with one attached hydrogen (secondary N) is 1. The van der Waals surface area contributed by atoms with E-state index in [1.807, 2.05) is 13.8 Å². The standard InChI is InChI=1S/C23H27ClN4O5/c1-23(2)13-28(17(5-7-29)12-32-23)21(30)14-8-18-20(19(9-14)31-3)33-22(27-18)26-11-16-10-15(24)4-6-25-16/h4,6,8-10,17,29H,5,7,11-13H2,1-3H3,(H,26,27). The molecular formula is C23H27ClN4O5. The SMILES string of the molecule is COc1cc(C(=O)N2CC(C)(C)OCC2CCO)cc2nc(NCc3cc(Cl)ccn3)oc12. The maximum absolute atomic E-state index is 13.5. The summed E-state index contributed by atoms with van der Waals surface area (Å²) in [6.07, 6.45) is 2.07. The molecule has 9 nitrogen and oxygen atoms in total. The van der Waals surface area contributed by atoms with E-state index in [-0.39, 0.29) is 24.6 Å². The topological polar surface area (TPSA) is 110 Å². The second-order valence-corrected chi connectivity index (χ2v) is 8.97. The Morgan fingerprint density at radius 1 is 1.39 bits per heavy atom. The number of morpholine rings is 1. The highest BCUT2D eigenvalue weighted by Crippen LogP contribution is 2.32. The molecule has 10 heteroatoms. The van der Waals surface area contributed by atoms with Crippen LogP contribution in [0.1, 0.15) is 36.3 Å². The van der Waals surface area contributed by atoms with Crippen LogP contribution in [0.4, 0.5) is 6.01 Å². The van der Waals surface area contributed by atoms with Gasteiger partial charge in [0.05, 0.1) is 37.6 Å². The van der Waals surface area contributed by atoms with Crippen molar-refractivity contribution in [3.63, 3.8) is 0 Å². The number of carbonyl (C=O) groups is 1. The summed E-state index contributed by atoms with van der Waals surface area (Å²) >= 11 is 6.01. The molecule has 3 aromatic rings. The van der Waals surface area contributed by atoms with Crippen LogP contribution in [0.3, 0.4) is 0 Å². The van der Waals surface area contributed by atoms with Gasteiger partial charge in [-0.3, -0.25) is 9.78 Å². The lowest BCUT2D eigenvalue weighted by Crippen LogP contribution is -2.56. The van der Waals surface area contributed by atoms with Gasteiger partial charge in [0.15, 0.2) is 11.3 Å². The predicted molar refractivity (Wildman–Crippen MR) is 124 cm³/mol. The quantitative estimate of drug-likeness (QED) is 0.535. The Hall–Kier alpha value is -2.88. The van der Waals surface area contributed by atoms with Gasteiger partial charge < -0.3 is 29.2 Å². The zero-order valence-electron chi connectivity index (χ0n) is 18.8. The van der Waals surface area contributed by atoms with Crippen molar-refractivity contribution < 1.29 is 23.8 Å².